The molecule has 0 saturated heterocycles. The normalized spacial score (nSPS) is 11.4. The van der Waals surface area contributed by atoms with Gasteiger partial charge in [0.2, 0.25) is 0 Å². The molecular weight excluding hydrogens is 255 g/mol. The minimum absolute atomic E-state index is 0.319. The van der Waals surface area contributed by atoms with Crippen molar-refractivity contribution in [2.45, 2.75) is 6.04 Å². The number of carbonyl (C=O) groups is 1. The molecule has 0 radical (unpaired) electrons. The Kier molecular flexibility index (Phi) is 4.11. The van der Waals surface area contributed by atoms with Crippen molar-refractivity contribution in [3.8, 4) is 6.07 Å². The smallest absolute Gasteiger partial charge is 0.254 e. The average molecular weight is 268 g/mol. The maximum absolute atomic E-state index is 12.9. The lowest BCUT2D eigenvalue weighted by atomic mass is 10.1. The molecule has 1 unspecified atom stereocenters. The number of benzene rings is 2. The fourth-order valence-electron chi connectivity index (χ4n) is 1.93. The first-order valence-electron chi connectivity index (χ1n) is 6.11. The van der Waals surface area contributed by atoms with Gasteiger partial charge in [0.15, 0.2) is 0 Å². The quantitative estimate of drug-likeness (QED) is 0.858. The van der Waals surface area contributed by atoms with E-state index in [-0.39, 0.29) is 5.91 Å². The highest BCUT2D eigenvalue weighted by molar-refractivity contribution is 5.94. The molecule has 20 heavy (non-hydrogen) atoms. The second-order valence-electron chi connectivity index (χ2n) is 4.37. The van der Waals surface area contributed by atoms with Crippen molar-refractivity contribution in [1.82, 2.24) is 4.90 Å². The summed E-state index contributed by atoms with van der Waals surface area (Å²) in [6.45, 7) is 0. The van der Waals surface area contributed by atoms with E-state index in [2.05, 4.69) is 6.07 Å². The summed E-state index contributed by atoms with van der Waals surface area (Å²) in [5, 5.41) is 9.29. The fraction of sp³-hybridized carbons (Fsp3) is 0.125. The van der Waals surface area contributed by atoms with E-state index in [0.29, 0.717) is 5.56 Å². The largest absolute Gasteiger partial charge is 0.322 e. The molecular formula is C16H13FN2O. The average Bonchev–Trinajstić information content (AvgIpc) is 2.49. The second kappa shape index (κ2) is 5.98. The number of amides is 1. The van der Waals surface area contributed by atoms with E-state index in [9.17, 15) is 14.4 Å². The second-order valence-corrected chi connectivity index (χ2v) is 4.37. The van der Waals surface area contributed by atoms with Gasteiger partial charge in [-0.3, -0.25) is 4.79 Å². The molecule has 0 bridgehead atoms. The van der Waals surface area contributed by atoms with Gasteiger partial charge in [-0.05, 0) is 29.8 Å². The molecule has 3 nitrogen and oxygen atoms in total. The van der Waals surface area contributed by atoms with Crippen molar-refractivity contribution in [2.75, 3.05) is 7.05 Å². The van der Waals surface area contributed by atoms with E-state index in [4.69, 9.17) is 0 Å². The Morgan fingerprint density at radius 1 is 1.15 bits per heavy atom. The summed E-state index contributed by atoms with van der Waals surface area (Å²) in [4.78, 5) is 13.6. The van der Waals surface area contributed by atoms with Gasteiger partial charge in [-0.2, -0.15) is 5.26 Å². The lowest BCUT2D eigenvalue weighted by molar-refractivity contribution is 0.0763. The first-order valence-corrected chi connectivity index (χ1v) is 6.11. The van der Waals surface area contributed by atoms with E-state index >= 15 is 0 Å². The standard InChI is InChI=1S/C16H13FN2O/c1-19(15(11-18)12-5-3-2-4-6-12)16(20)13-7-9-14(17)10-8-13/h2-10,15H,1H3. The third-order valence-electron chi connectivity index (χ3n) is 3.04. The Balaban J connectivity index is 2.25. The maximum Gasteiger partial charge on any atom is 0.254 e. The van der Waals surface area contributed by atoms with Gasteiger partial charge < -0.3 is 4.90 Å². The fourth-order valence-corrected chi connectivity index (χ4v) is 1.93. The Hall–Kier alpha value is -2.67. The van der Waals surface area contributed by atoms with Crippen molar-refractivity contribution in [1.29, 1.82) is 5.26 Å². The van der Waals surface area contributed by atoms with Crippen molar-refractivity contribution in [3.63, 3.8) is 0 Å². The van der Waals surface area contributed by atoms with Gasteiger partial charge in [0, 0.05) is 12.6 Å². The topological polar surface area (TPSA) is 44.1 Å². The minimum Gasteiger partial charge on any atom is -0.322 e. The van der Waals surface area contributed by atoms with Crippen LogP contribution in [-0.4, -0.2) is 17.9 Å². The van der Waals surface area contributed by atoms with E-state index in [1.54, 1.807) is 19.2 Å². The van der Waals surface area contributed by atoms with Crippen LogP contribution in [-0.2, 0) is 0 Å². The lowest BCUT2D eigenvalue weighted by Crippen LogP contribution is -2.30. The summed E-state index contributed by atoms with van der Waals surface area (Å²) in [5.74, 6) is -0.718. The molecule has 2 rings (SSSR count). The summed E-state index contributed by atoms with van der Waals surface area (Å²) in [6, 6.07) is 15.8. The number of halogens is 1. The summed E-state index contributed by atoms with van der Waals surface area (Å²) in [6.07, 6.45) is 0. The first kappa shape index (κ1) is 13.8. The highest BCUT2D eigenvalue weighted by Crippen LogP contribution is 2.20. The monoisotopic (exact) mass is 268 g/mol. The van der Waals surface area contributed by atoms with E-state index in [1.807, 2.05) is 18.2 Å². The maximum atomic E-state index is 12.9. The molecule has 2 aromatic carbocycles. The Morgan fingerprint density at radius 3 is 2.30 bits per heavy atom. The molecule has 1 amide bonds. The highest BCUT2D eigenvalue weighted by Gasteiger charge is 2.22. The van der Waals surface area contributed by atoms with Gasteiger partial charge >= 0.3 is 0 Å². The predicted octanol–water partition coefficient (Wildman–Crippen LogP) is 3.16. The number of nitriles is 1. The first-order chi connectivity index (χ1) is 9.63. The minimum atomic E-state index is -0.672. The highest BCUT2D eigenvalue weighted by atomic mass is 19.1. The van der Waals surface area contributed by atoms with Gasteiger partial charge in [-0.1, -0.05) is 30.3 Å². The SMILES string of the molecule is CN(C(=O)c1ccc(F)cc1)C(C#N)c1ccccc1. The molecule has 100 valence electrons. The summed E-state index contributed by atoms with van der Waals surface area (Å²) < 4.78 is 12.9. The molecule has 0 aliphatic carbocycles. The molecule has 0 fully saturated rings. The van der Waals surface area contributed by atoms with Crippen LogP contribution in [0.5, 0.6) is 0 Å². The van der Waals surface area contributed by atoms with E-state index in [1.165, 1.54) is 29.2 Å². The Bertz CT molecular complexity index is 632. The molecule has 0 spiro atoms. The summed E-state index contributed by atoms with van der Waals surface area (Å²) in [5.41, 5.74) is 1.10. The zero-order valence-electron chi connectivity index (χ0n) is 11.0. The van der Waals surface area contributed by atoms with Crippen LogP contribution >= 0.6 is 0 Å². The Labute approximate surface area is 116 Å². The molecule has 0 aromatic heterocycles. The lowest BCUT2D eigenvalue weighted by Gasteiger charge is -2.23. The number of nitrogens with zero attached hydrogens (tertiary/aromatic N) is 2. The van der Waals surface area contributed by atoms with Crippen molar-refractivity contribution < 1.29 is 9.18 Å². The van der Waals surface area contributed by atoms with E-state index in [0.717, 1.165) is 5.56 Å². The van der Waals surface area contributed by atoms with Crippen LogP contribution in [0.4, 0.5) is 4.39 Å². The molecule has 2 aromatic rings. The molecule has 1 atom stereocenters. The third kappa shape index (κ3) is 2.83. The van der Waals surface area contributed by atoms with Crippen LogP contribution in [0.2, 0.25) is 0 Å². The van der Waals surface area contributed by atoms with Gasteiger partial charge in [0.1, 0.15) is 11.9 Å². The number of hydrogen-bond donors (Lipinski definition) is 0. The summed E-state index contributed by atoms with van der Waals surface area (Å²) in [7, 11) is 1.56. The van der Waals surface area contributed by atoms with Gasteiger partial charge in [-0.15, -0.1) is 0 Å². The molecule has 0 heterocycles. The van der Waals surface area contributed by atoms with Crippen LogP contribution in [0.25, 0.3) is 0 Å². The number of carbonyl (C=O) groups excluding carboxylic acids is 1. The van der Waals surface area contributed by atoms with Gasteiger partial charge in [-0.25, -0.2) is 4.39 Å². The van der Waals surface area contributed by atoms with Crippen molar-refractivity contribution in [2.24, 2.45) is 0 Å². The number of hydrogen-bond acceptors (Lipinski definition) is 2. The number of rotatable bonds is 3. The molecule has 0 aliphatic heterocycles. The van der Waals surface area contributed by atoms with Crippen LogP contribution in [0.3, 0.4) is 0 Å². The molecule has 0 aliphatic rings. The summed E-state index contributed by atoms with van der Waals surface area (Å²) >= 11 is 0. The van der Waals surface area contributed by atoms with Crippen LogP contribution in [0.1, 0.15) is 22.0 Å². The van der Waals surface area contributed by atoms with Crippen molar-refractivity contribution in [3.05, 3.63) is 71.5 Å². The van der Waals surface area contributed by atoms with Gasteiger partial charge in [0.25, 0.3) is 5.91 Å². The van der Waals surface area contributed by atoms with Crippen LogP contribution in [0, 0.1) is 17.1 Å². The predicted molar refractivity (Wildman–Crippen MR) is 73.3 cm³/mol. The zero-order valence-corrected chi connectivity index (χ0v) is 11.0. The van der Waals surface area contributed by atoms with Crippen LogP contribution < -0.4 is 0 Å². The third-order valence-corrected chi connectivity index (χ3v) is 3.04. The van der Waals surface area contributed by atoms with Gasteiger partial charge in [0.05, 0.1) is 6.07 Å². The Morgan fingerprint density at radius 2 is 1.75 bits per heavy atom. The molecule has 4 heteroatoms. The molecule has 0 N–H and O–H groups in total. The van der Waals surface area contributed by atoms with Crippen molar-refractivity contribution >= 4 is 5.91 Å². The zero-order chi connectivity index (χ0) is 14.5. The molecule has 0 saturated carbocycles. The van der Waals surface area contributed by atoms with Crippen LogP contribution in [0.15, 0.2) is 54.6 Å². The van der Waals surface area contributed by atoms with E-state index < -0.39 is 11.9 Å².